The summed E-state index contributed by atoms with van der Waals surface area (Å²) in [6.45, 7) is 3.24. The lowest BCUT2D eigenvalue weighted by molar-refractivity contribution is -0.137. The lowest BCUT2D eigenvalue weighted by atomic mass is 9.78. The highest BCUT2D eigenvalue weighted by molar-refractivity contribution is 6.09. The first kappa shape index (κ1) is 17.4. The number of aryl methyl sites for hydroxylation is 1. The van der Waals surface area contributed by atoms with E-state index in [9.17, 15) is 9.59 Å². The fourth-order valence-corrected chi connectivity index (χ4v) is 5.41. The highest BCUT2D eigenvalue weighted by Gasteiger charge is 2.65. The van der Waals surface area contributed by atoms with Gasteiger partial charge in [0.1, 0.15) is 5.54 Å². The van der Waals surface area contributed by atoms with E-state index >= 15 is 0 Å². The molecule has 5 rings (SSSR count). The molecule has 2 amide bonds. The van der Waals surface area contributed by atoms with Gasteiger partial charge in [-0.3, -0.25) is 19.5 Å². The summed E-state index contributed by atoms with van der Waals surface area (Å²) < 4.78 is 0. The third-order valence-electron chi connectivity index (χ3n) is 6.52. The number of rotatable bonds is 3. The second-order valence-corrected chi connectivity index (χ2v) is 8.07. The number of hydrogen-bond donors (Lipinski definition) is 2. The molecule has 0 aliphatic carbocycles. The molecule has 6 nitrogen and oxygen atoms in total. The molecule has 6 heteroatoms. The first-order valence-corrected chi connectivity index (χ1v) is 9.97. The number of carbonyl (C=O) groups excluding carboxylic acids is 2. The summed E-state index contributed by atoms with van der Waals surface area (Å²) >= 11 is 0. The van der Waals surface area contributed by atoms with Crippen LogP contribution in [0.3, 0.4) is 0 Å². The Morgan fingerprint density at radius 2 is 2.21 bits per heavy atom. The molecule has 2 N–H and O–H groups in total. The Bertz CT molecular complexity index is 959. The lowest BCUT2D eigenvalue weighted by Crippen LogP contribution is -2.54. The van der Waals surface area contributed by atoms with E-state index < -0.39 is 5.54 Å². The summed E-state index contributed by atoms with van der Waals surface area (Å²) in [6.07, 6.45) is 4.60. The predicted octanol–water partition coefficient (Wildman–Crippen LogP) is 2.34. The van der Waals surface area contributed by atoms with Crippen molar-refractivity contribution in [2.45, 2.75) is 44.3 Å². The Hall–Kier alpha value is -2.73. The Labute approximate surface area is 164 Å². The Morgan fingerprint density at radius 1 is 1.36 bits per heavy atom. The Kier molecular flexibility index (Phi) is 3.98. The zero-order valence-electron chi connectivity index (χ0n) is 15.9. The van der Waals surface area contributed by atoms with Crippen molar-refractivity contribution in [3.63, 3.8) is 0 Å². The van der Waals surface area contributed by atoms with E-state index in [1.807, 2.05) is 43.3 Å². The quantitative estimate of drug-likeness (QED) is 0.862. The number of benzene rings is 1. The molecule has 144 valence electrons. The number of aromatic nitrogens is 1. The van der Waals surface area contributed by atoms with Crippen LogP contribution in [-0.2, 0) is 21.7 Å². The number of para-hydroxylation sites is 1. The van der Waals surface area contributed by atoms with Gasteiger partial charge >= 0.3 is 0 Å². The predicted molar refractivity (Wildman–Crippen MR) is 105 cm³/mol. The van der Waals surface area contributed by atoms with Gasteiger partial charge in [-0.2, -0.15) is 0 Å². The van der Waals surface area contributed by atoms with Crippen LogP contribution in [0.15, 0.2) is 42.6 Å². The molecule has 1 aromatic carbocycles. The molecule has 0 saturated carbocycles. The lowest BCUT2D eigenvalue weighted by Gasteiger charge is -2.36. The molecule has 2 aromatic rings. The minimum atomic E-state index is -0.879. The van der Waals surface area contributed by atoms with Crippen LogP contribution >= 0.6 is 0 Å². The zero-order valence-corrected chi connectivity index (χ0v) is 15.9. The smallest absolute Gasteiger partial charge is 0.250 e. The van der Waals surface area contributed by atoms with Gasteiger partial charge in [0.2, 0.25) is 11.8 Å². The highest BCUT2D eigenvalue weighted by atomic mass is 16.2. The fraction of sp³-hybridized carbons (Fsp3) is 0.409. The van der Waals surface area contributed by atoms with Crippen LogP contribution in [0.2, 0.25) is 0 Å². The van der Waals surface area contributed by atoms with Crippen molar-refractivity contribution in [3.8, 4) is 0 Å². The summed E-state index contributed by atoms with van der Waals surface area (Å²) in [7, 11) is 0. The maximum atomic E-state index is 13.3. The molecule has 0 unspecified atom stereocenters. The largest absolute Gasteiger partial charge is 0.352 e. The minimum Gasteiger partial charge on any atom is -0.352 e. The molecule has 1 aromatic heterocycles. The van der Waals surface area contributed by atoms with Crippen LogP contribution < -0.4 is 10.6 Å². The highest BCUT2D eigenvalue weighted by Crippen LogP contribution is 2.55. The van der Waals surface area contributed by atoms with E-state index in [0.717, 1.165) is 48.3 Å². The van der Waals surface area contributed by atoms with Gasteiger partial charge in [0.25, 0.3) is 0 Å². The molecule has 0 radical (unpaired) electrons. The average Bonchev–Trinajstić information content (AvgIpc) is 3.34. The van der Waals surface area contributed by atoms with Gasteiger partial charge < -0.3 is 10.6 Å². The number of fused-ring (bicyclic) bond motifs is 4. The molecule has 3 aliphatic heterocycles. The number of hydrogen-bond acceptors (Lipinski definition) is 4. The molecule has 1 spiro atoms. The third-order valence-corrected chi connectivity index (χ3v) is 6.52. The molecule has 2 fully saturated rings. The van der Waals surface area contributed by atoms with E-state index in [-0.39, 0.29) is 23.8 Å². The second kappa shape index (κ2) is 6.41. The van der Waals surface area contributed by atoms with Crippen LogP contribution in [0, 0.1) is 12.8 Å². The molecule has 3 aliphatic rings. The van der Waals surface area contributed by atoms with Crippen molar-refractivity contribution in [3.05, 3.63) is 59.4 Å². The second-order valence-electron chi connectivity index (χ2n) is 8.07. The third kappa shape index (κ3) is 2.41. The maximum absolute atomic E-state index is 13.3. The van der Waals surface area contributed by atoms with Crippen LogP contribution in [0.5, 0.6) is 0 Å². The van der Waals surface area contributed by atoms with E-state index in [2.05, 4.69) is 20.5 Å². The average molecular weight is 376 g/mol. The Balaban J connectivity index is 1.48. The van der Waals surface area contributed by atoms with E-state index in [0.29, 0.717) is 6.54 Å². The summed E-state index contributed by atoms with van der Waals surface area (Å²) in [5.41, 5.74) is 2.85. The maximum Gasteiger partial charge on any atom is 0.250 e. The van der Waals surface area contributed by atoms with Gasteiger partial charge in [0, 0.05) is 35.7 Å². The van der Waals surface area contributed by atoms with Gasteiger partial charge in [-0.15, -0.1) is 0 Å². The first-order chi connectivity index (χ1) is 13.6. The topological polar surface area (TPSA) is 74.3 Å². The fourth-order valence-electron chi connectivity index (χ4n) is 5.41. The summed E-state index contributed by atoms with van der Waals surface area (Å²) in [5.74, 6) is -0.488. The van der Waals surface area contributed by atoms with Crippen molar-refractivity contribution in [1.82, 2.24) is 15.2 Å². The molecule has 4 heterocycles. The van der Waals surface area contributed by atoms with Crippen LogP contribution in [0.4, 0.5) is 5.69 Å². The standard InChI is InChI=1S/C22H24N4O2/c1-14-11-15(8-9-23-14)13-24-20(27)18-12-16-5-4-10-26(16)22(18)17-6-2-3-7-19(17)25-21(22)28/h2-3,6-9,11,16,18H,4-5,10,12-13H2,1H3,(H,24,27)(H,25,28)/t16-,18+,22+/m1/s1. The number of carbonyl (C=O) groups is 2. The van der Waals surface area contributed by atoms with Gasteiger partial charge in [-0.25, -0.2) is 0 Å². The molecule has 28 heavy (non-hydrogen) atoms. The molecule has 3 atom stereocenters. The van der Waals surface area contributed by atoms with Crippen molar-refractivity contribution in [2.75, 3.05) is 11.9 Å². The minimum absolute atomic E-state index is 0.0456. The monoisotopic (exact) mass is 376 g/mol. The number of pyridine rings is 1. The van der Waals surface area contributed by atoms with Crippen LogP contribution in [0.25, 0.3) is 0 Å². The van der Waals surface area contributed by atoms with Crippen molar-refractivity contribution < 1.29 is 9.59 Å². The first-order valence-electron chi connectivity index (χ1n) is 9.97. The summed E-state index contributed by atoms with van der Waals surface area (Å²) in [4.78, 5) is 33.1. The number of amides is 2. The number of nitrogens with zero attached hydrogens (tertiary/aromatic N) is 2. The van der Waals surface area contributed by atoms with Crippen molar-refractivity contribution in [2.24, 2.45) is 5.92 Å². The zero-order chi connectivity index (χ0) is 19.3. The normalized spacial score (nSPS) is 28.2. The van der Waals surface area contributed by atoms with Crippen LogP contribution in [-0.4, -0.2) is 34.3 Å². The summed E-state index contributed by atoms with van der Waals surface area (Å²) in [5, 5.41) is 6.13. The van der Waals surface area contributed by atoms with Gasteiger partial charge in [-0.05, 0) is 56.5 Å². The summed E-state index contributed by atoms with van der Waals surface area (Å²) in [6, 6.07) is 12.0. The van der Waals surface area contributed by atoms with E-state index in [1.165, 1.54) is 0 Å². The Morgan fingerprint density at radius 3 is 3.07 bits per heavy atom. The van der Waals surface area contributed by atoms with Crippen molar-refractivity contribution in [1.29, 1.82) is 0 Å². The molecular formula is C22H24N4O2. The molecule has 2 saturated heterocycles. The number of nitrogens with one attached hydrogen (secondary N) is 2. The van der Waals surface area contributed by atoms with E-state index in [4.69, 9.17) is 0 Å². The van der Waals surface area contributed by atoms with Crippen molar-refractivity contribution >= 4 is 17.5 Å². The molecule has 0 bridgehead atoms. The molecular weight excluding hydrogens is 352 g/mol. The van der Waals surface area contributed by atoms with Crippen LogP contribution in [0.1, 0.15) is 36.1 Å². The number of anilines is 1. The van der Waals surface area contributed by atoms with Gasteiger partial charge in [0.05, 0.1) is 5.92 Å². The SMILES string of the molecule is Cc1cc(CNC(=O)[C@@H]2C[C@H]3CCCN3[C@]23C(=O)Nc2ccccc23)ccn1. The van der Waals surface area contributed by atoms with E-state index in [1.54, 1.807) is 6.20 Å². The van der Waals surface area contributed by atoms with Gasteiger partial charge in [0.15, 0.2) is 0 Å². The van der Waals surface area contributed by atoms with Gasteiger partial charge in [-0.1, -0.05) is 18.2 Å².